The second-order valence-electron chi connectivity index (χ2n) is 7.07. The Bertz CT molecular complexity index is 1260. The molecule has 3 aromatic rings. The molecular formula is C19H17FN10O. The lowest BCUT2D eigenvalue weighted by molar-refractivity contribution is 0.216. The predicted octanol–water partition coefficient (Wildman–Crippen LogP) is 1.61. The van der Waals surface area contributed by atoms with Gasteiger partial charge in [-0.25, -0.2) is 19.4 Å². The number of hydrogen-bond acceptors (Lipinski definition) is 10. The van der Waals surface area contributed by atoms with Crippen LogP contribution in [0.3, 0.4) is 0 Å². The molecule has 0 amide bonds. The Hall–Kier alpha value is -4.40. The second-order valence-corrected chi connectivity index (χ2v) is 7.07. The minimum Gasteiger partial charge on any atom is -0.467 e. The van der Waals surface area contributed by atoms with Gasteiger partial charge in [0.25, 0.3) is 5.88 Å². The molecule has 1 atom stereocenters. The number of nitrogen functional groups attached to an aromatic ring is 1. The number of nitrogens with one attached hydrogen (secondary N) is 1. The van der Waals surface area contributed by atoms with Gasteiger partial charge in [-0.05, 0) is 25.1 Å². The number of aromatic nitrogens is 4. The largest absolute Gasteiger partial charge is 0.467 e. The zero-order chi connectivity index (χ0) is 21.7. The van der Waals surface area contributed by atoms with E-state index in [0.29, 0.717) is 33.9 Å². The van der Waals surface area contributed by atoms with Crippen molar-refractivity contribution in [3.05, 3.63) is 47.2 Å². The summed E-state index contributed by atoms with van der Waals surface area (Å²) in [5.41, 5.74) is 11.9. The number of nitrogens with zero attached hydrogens (tertiary/aromatic N) is 8. The van der Waals surface area contributed by atoms with E-state index >= 15 is 0 Å². The molecule has 0 aliphatic carbocycles. The van der Waals surface area contributed by atoms with Crippen molar-refractivity contribution in [3.8, 4) is 23.2 Å². The monoisotopic (exact) mass is 420 g/mol. The fraction of sp³-hybridized carbons (Fsp3) is 0.211. The number of benzene rings is 1. The van der Waals surface area contributed by atoms with Gasteiger partial charge in [-0.2, -0.15) is 21.0 Å². The summed E-state index contributed by atoms with van der Waals surface area (Å²) in [6, 6.07) is 6.53. The lowest BCUT2D eigenvalue weighted by atomic mass is 10.1. The van der Waals surface area contributed by atoms with E-state index in [4.69, 9.17) is 10.5 Å². The minimum atomic E-state index is -0.620. The van der Waals surface area contributed by atoms with Crippen LogP contribution >= 0.6 is 0 Å². The van der Waals surface area contributed by atoms with E-state index in [1.165, 1.54) is 23.0 Å². The van der Waals surface area contributed by atoms with Crippen molar-refractivity contribution >= 4 is 17.8 Å². The topological polar surface area (TPSA) is 134 Å². The summed E-state index contributed by atoms with van der Waals surface area (Å²) in [5, 5.41) is 21.8. The number of hydrogen-bond donors (Lipinski definition) is 2. The molecule has 12 heteroatoms. The van der Waals surface area contributed by atoms with Crippen molar-refractivity contribution in [3.63, 3.8) is 0 Å². The molecule has 0 saturated heterocycles. The highest BCUT2D eigenvalue weighted by Gasteiger charge is 2.29. The van der Waals surface area contributed by atoms with Crippen LogP contribution in [0.5, 0.6) is 5.88 Å². The van der Waals surface area contributed by atoms with Crippen LogP contribution < -0.4 is 21.1 Å². The van der Waals surface area contributed by atoms with Gasteiger partial charge in [-0.1, -0.05) is 0 Å². The van der Waals surface area contributed by atoms with Crippen LogP contribution in [0.15, 0.2) is 29.5 Å². The van der Waals surface area contributed by atoms with Gasteiger partial charge in [0.15, 0.2) is 5.82 Å². The van der Waals surface area contributed by atoms with Crippen LogP contribution in [0, 0.1) is 17.1 Å². The van der Waals surface area contributed by atoms with Crippen LogP contribution in [0.4, 0.5) is 15.9 Å². The Morgan fingerprint density at radius 1 is 1.39 bits per heavy atom. The summed E-state index contributed by atoms with van der Waals surface area (Å²) in [6.45, 7) is 2.02. The quantitative estimate of drug-likeness (QED) is 0.556. The lowest BCUT2D eigenvalue weighted by Crippen LogP contribution is -2.43. The molecule has 5 rings (SSSR count). The van der Waals surface area contributed by atoms with Crippen molar-refractivity contribution in [2.45, 2.75) is 19.6 Å². The number of hydrazine groups is 2. The van der Waals surface area contributed by atoms with Gasteiger partial charge >= 0.3 is 0 Å². The number of halogens is 1. The van der Waals surface area contributed by atoms with E-state index < -0.39 is 11.9 Å². The Morgan fingerprint density at radius 3 is 3.03 bits per heavy atom. The number of anilines is 2. The van der Waals surface area contributed by atoms with Crippen molar-refractivity contribution in [2.75, 3.05) is 10.9 Å². The van der Waals surface area contributed by atoms with Crippen molar-refractivity contribution in [2.24, 2.45) is 12.1 Å². The van der Waals surface area contributed by atoms with Gasteiger partial charge in [0, 0.05) is 12.6 Å². The average Bonchev–Trinajstić information content (AvgIpc) is 3.32. The Morgan fingerprint density at radius 2 is 2.23 bits per heavy atom. The maximum Gasteiger partial charge on any atom is 0.258 e. The van der Waals surface area contributed by atoms with Gasteiger partial charge in [0.1, 0.15) is 30.0 Å². The lowest BCUT2D eigenvalue weighted by Gasteiger charge is -2.31. The number of fused-ring (bicyclic) bond motifs is 7. The second kappa shape index (κ2) is 6.84. The van der Waals surface area contributed by atoms with Gasteiger partial charge in [0.05, 0.1) is 35.4 Å². The minimum absolute atomic E-state index is 0.0822. The van der Waals surface area contributed by atoms with Crippen molar-refractivity contribution < 1.29 is 9.13 Å². The first kappa shape index (κ1) is 18.6. The van der Waals surface area contributed by atoms with Crippen LogP contribution in [0.1, 0.15) is 30.0 Å². The average molecular weight is 420 g/mol. The first-order valence-electron chi connectivity index (χ1n) is 9.36. The summed E-state index contributed by atoms with van der Waals surface area (Å²) < 4.78 is 21.6. The third kappa shape index (κ3) is 2.94. The smallest absolute Gasteiger partial charge is 0.258 e. The Labute approximate surface area is 176 Å². The zero-order valence-electron chi connectivity index (χ0n) is 16.6. The fourth-order valence-corrected chi connectivity index (χ4v) is 3.66. The van der Waals surface area contributed by atoms with E-state index in [1.54, 1.807) is 36.5 Å². The molecule has 2 aromatic heterocycles. The Kier molecular flexibility index (Phi) is 4.11. The maximum atomic E-state index is 14.1. The maximum absolute atomic E-state index is 14.1. The van der Waals surface area contributed by atoms with Crippen LogP contribution in [-0.2, 0) is 13.6 Å². The van der Waals surface area contributed by atoms with E-state index in [2.05, 4.69) is 31.8 Å². The molecule has 0 fully saturated rings. The van der Waals surface area contributed by atoms with Gasteiger partial charge < -0.3 is 10.5 Å². The number of ether oxygens (including phenoxy) is 1. The Balaban J connectivity index is 1.76. The van der Waals surface area contributed by atoms with Crippen molar-refractivity contribution in [1.82, 2.24) is 30.3 Å². The SMILES string of the molecule is C[C@H]1Oc2nc(cnc2N)-c2c(nn(C)c2C#N)CN2C=NNN2c2ccc(F)cc21. The van der Waals surface area contributed by atoms with E-state index in [0.717, 1.165) is 0 Å². The molecule has 3 N–H and O–H groups in total. The molecule has 0 saturated carbocycles. The highest BCUT2D eigenvalue weighted by atomic mass is 19.1. The third-order valence-electron chi connectivity index (χ3n) is 5.11. The first-order chi connectivity index (χ1) is 15.0. The zero-order valence-corrected chi connectivity index (χ0v) is 16.6. The highest BCUT2D eigenvalue weighted by molar-refractivity contribution is 5.71. The summed E-state index contributed by atoms with van der Waals surface area (Å²) in [7, 11) is 1.68. The molecule has 2 aliphatic heterocycles. The molecule has 11 nitrogen and oxygen atoms in total. The first-order valence-corrected chi connectivity index (χ1v) is 9.36. The predicted molar refractivity (Wildman–Crippen MR) is 108 cm³/mol. The van der Waals surface area contributed by atoms with E-state index in [-0.39, 0.29) is 18.2 Å². The number of nitriles is 1. The molecule has 31 heavy (non-hydrogen) atoms. The van der Waals surface area contributed by atoms with E-state index in [9.17, 15) is 9.65 Å². The fourth-order valence-electron chi connectivity index (χ4n) is 3.66. The van der Waals surface area contributed by atoms with Crippen LogP contribution in [0.2, 0.25) is 0 Å². The number of aryl methyl sites for hydroxylation is 1. The van der Waals surface area contributed by atoms with Gasteiger partial charge in [-0.3, -0.25) is 4.68 Å². The summed E-state index contributed by atoms with van der Waals surface area (Å²) in [6.07, 6.45) is 2.43. The number of hydrazone groups is 1. The molecule has 1 aromatic carbocycles. The van der Waals surface area contributed by atoms with Crippen LogP contribution in [0.25, 0.3) is 11.3 Å². The molecule has 0 radical (unpaired) electrons. The van der Waals surface area contributed by atoms with Gasteiger partial charge in [0.2, 0.25) is 0 Å². The summed E-state index contributed by atoms with van der Waals surface area (Å²) >= 11 is 0. The molecule has 4 heterocycles. The molecule has 0 unspecified atom stereocenters. The number of rotatable bonds is 0. The molecule has 0 spiro atoms. The molecule has 2 bridgehead atoms. The normalized spacial score (nSPS) is 16.8. The molecule has 2 aliphatic rings. The number of nitrogens with two attached hydrogens (primary N) is 1. The highest BCUT2D eigenvalue weighted by Crippen LogP contribution is 2.35. The third-order valence-corrected chi connectivity index (χ3v) is 5.11. The molecular weight excluding hydrogens is 403 g/mol. The molecule has 156 valence electrons. The summed E-state index contributed by atoms with van der Waals surface area (Å²) in [4.78, 5) is 8.70. The summed E-state index contributed by atoms with van der Waals surface area (Å²) in [5.74, 6) is -0.243. The standard InChI is InChI=1S/C19H17FN10O/c1-10-12-5-11(20)3-4-15(12)30-27-24-9-29(30)8-14-17(16(6-21)28(2)26-14)13-7-23-18(22)19(25-13)31-10/h3-5,7,9-10,27H,8H2,1-2H3,(H2,22,23)/t10-/m1/s1. The van der Waals surface area contributed by atoms with Crippen LogP contribution in [-0.4, -0.2) is 31.1 Å². The van der Waals surface area contributed by atoms with Gasteiger partial charge in [-0.15, -0.1) is 5.10 Å². The van der Waals surface area contributed by atoms with Crippen molar-refractivity contribution in [1.29, 1.82) is 5.26 Å². The van der Waals surface area contributed by atoms with E-state index in [1.807, 2.05) is 0 Å².